The summed E-state index contributed by atoms with van der Waals surface area (Å²) in [5.74, 6) is -0.542. The highest BCUT2D eigenvalue weighted by Gasteiger charge is 2.15. The van der Waals surface area contributed by atoms with Crippen molar-refractivity contribution < 1.29 is 13.7 Å². The van der Waals surface area contributed by atoms with Crippen LogP contribution in [0.5, 0.6) is 0 Å². The van der Waals surface area contributed by atoms with Gasteiger partial charge in [0, 0.05) is 0 Å². The van der Waals surface area contributed by atoms with Crippen molar-refractivity contribution in [3.8, 4) is 0 Å². The molecule has 0 aromatic heterocycles. The minimum atomic E-state index is -2.88. The first-order valence-electron chi connectivity index (χ1n) is 6.97. The summed E-state index contributed by atoms with van der Waals surface area (Å²) in [7, 11) is -2.88. The first kappa shape index (κ1) is 17.4. The number of nitrogens with zero attached hydrogens (tertiary/aromatic N) is 1. The van der Waals surface area contributed by atoms with E-state index in [1.807, 2.05) is 12.1 Å². The lowest BCUT2D eigenvalue weighted by Gasteiger charge is -2.09. The topological polar surface area (TPSA) is 55.7 Å². The molecule has 0 saturated carbocycles. The van der Waals surface area contributed by atoms with Gasteiger partial charge in [-0.25, -0.2) is 9.00 Å². The highest BCUT2D eigenvalue weighted by Crippen LogP contribution is 2.24. The van der Waals surface area contributed by atoms with Crippen molar-refractivity contribution in [3.05, 3.63) is 71.3 Å². The van der Waals surface area contributed by atoms with E-state index < -0.39 is 15.7 Å². The molecule has 0 saturated heterocycles. The summed E-state index contributed by atoms with van der Waals surface area (Å²) in [6.45, 7) is 1.97. The smallest absolute Gasteiger partial charge is 0.346 e. The molecule has 0 amide bonds. The van der Waals surface area contributed by atoms with Gasteiger partial charge in [0.25, 0.3) is 0 Å². The molecule has 120 valence electrons. The Balaban J connectivity index is 2.56. The van der Waals surface area contributed by atoms with E-state index in [0.29, 0.717) is 9.79 Å². The zero-order chi connectivity index (χ0) is 16.7. The Morgan fingerprint density at radius 1 is 1.09 bits per heavy atom. The van der Waals surface area contributed by atoms with Crippen LogP contribution in [0.2, 0.25) is 0 Å². The first-order valence-corrected chi connectivity index (χ1v) is 9.28. The number of carbonyl (C=O) groups is 1. The van der Waals surface area contributed by atoms with Crippen molar-refractivity contribution in [2.24, 2.45) is 4.36 Å². The molecule has 2 aromatic carbocycles. The molecule has 6 heteroatoms. The summed E-state index contributed by atoms with van der Waals surface area (Å²) in [6, 6.07) is 17.9. The van der Waals surface area contributed by atoms with Crippen LogP contribution >= 0.6 is 15.9 Å². The van der Waals surface area contributed by atoms with Gasteiger partial charge in [-0.3, -0.25) is 0 Å². The molecular formula is C17H16BrNO3S. The zero-order valence-corrected chi connectivity index (χ0v) is 14.9. The second-order valence-electron chi connectivity index (χ2n) is 4.45. The third-order valence-corrected chi connectivity index (χ3v) is 5.66. The lowest BCUT2D eigenvalue weighted by molar-refractivity contribution is -0.137. The molecule has 0 unspecified atom stereocenters. The Labute approximate surface area is 144 Å². The van der Waals surface area contributed by atoms with Gasteiger partial charge in [-0.2, -0.15) is 4.36 Å². The second-order valence-corrected chi connectivity index (χ2v) is 7.51. The number of carbonyl (C=O) groups excluding carboxylic acids is 1. The molecule has 0 radical (unpaired) electrons. The molecule has 0 fully saturated rings. The van der Waals surface area contributed by atoms with Crippen molar-refractivity contribution in [2.45, 2.75) is 16.7 Å². The Bertz CT molecular complexity index is 765. The molecule has 0 atom stereocenters. The van der Waals surface area contributed by atoms with E-state index >= 15 is 0 Å². The molecule has 0 aliphatic heterocycles. The number of hydrogen-bond donors (Lipinski definition) is 0. The maximum Gasteiger partial charge on any atom is 0.346 e. The van der Waals surface area contributed by atoms with Crippen LogP contribution in [0.15, 0.2) is 85.5 Å². The molecule has 2 rings (SSSR count). The summed E-state index contributed by atoms with van der Waals surface area (Å²) in [4.78, 5) is 12.8. The Morgan fingerprint density at radius 3 is 2.00 bits per heavy atom. The Kier molecular flexibility index (Phi) is 6.12. The normalized spacial score (nSPS) is 11.8. The number of halogens is 1. The predicted octanol–water partition coefficient (Wildman–Crippen LogP) is 4.37. The molecule has 0 aliphatic carbocycles. The Hall–Kier alpha value is -1.92. The van der Waals surface area contributed by atoms with Crippen molar-refractivity contribution in [2.75, 3.05) is 6.61 Å². The summed E-state index contributed by atoms with van der Waals surface area (Å²) >= 11 is 3.11. The van der Waals surface area contributed by atoms with E-state index in [0.717, 1.165) is 0 Å². The standard InChI is InChI=1S/C17H16BrNO3S/c1-2-22-17(20)16(18)13-19-23(21,14-9-5-3-6-10-14)15-11-7-4-8-12-15/h3-13H,2H2,1H3/b16-13-. The van der Waals surface area contributed by atoms with Crippen LogP contribution < -0.4 is 0 Å². The molecule has 0 heterocycles. The minimum Gasteiger partial charge on any atom is -0.462 e. The van der Waals surface area contributed by atoms with Gasteiger partial charge in [0.1, 0.15) is 14.2 Å². The fraction of sp³-hybridized carbons (Fsp3) is 0.118. The van der Waals surface area contributed by atoms with Crippen LogP contribution in [0.25, 0.3) is 0 Å². The van der Waals surface area contributed by atoms with Crippen LogP contribution in [0.3, 0.4) is 0 Å². The molecule has 0 aliphatic rings. The van der Waals surface area contributed by atoms with E-state index in [4.69, 9.17) is 4.74 Å². The van der Waals surface area contributed by atoms with Gasteiger partial charge < -0.3 is 4.74 Å². The van der Waals surface area contributed by atoms with E-state index in [9.17, 15) is 9.00 Å². The largest absolute Gasteiger partial charge is 0.462 e. The van der Waals surface area contributed by atoms with Crippen molar-refractivity contribution in [1.29, 1.82) is 0 Å². The van der Waals surface area contributed by atoms with E-state index in [1.54, 1.807) is 55.5 Å². The lowest BCUT2D eigenvalue weighted by Crippen LogP contribution is -2.04. The number of esters is 1. The fourth-order valence-electron chi connectivity index (χ4n) is 1.84. The van der Waals surface area contributed by atoms with Crippen LogP contribution in [0.4, 0.5) is 0 Å². The molecule has 0 N–H and O–H groups in total. The fourth-order valence-corrected chi connectivity index (χ4v) is 4.01. The summed E-state index contributed by atoms with van der Waals surface area (Å²) in [5.41, 5.74) is 0. The molecule has 4 nitrogen and oxygen atoms in total. The third kappa shape index (κ3) is 4.30. The summed E-state index contributed by atoms with van der Waals surface area (Å²) in [5, 5.41) is 0. The van der Waals surface area contributed by atoms with Crippen molar-refractivity contribution in [3.63, 3.8) is 0 Å². The molecule has 0 bridgehead atoms. The number of benzene rings is 2. The third-order valence-electron chi connectivity index (χ3n) is 2.91. The highest BCUT2D eigenvalue weighted by molar-refractivity contribution is 9.12. The van der Waals surface area contributed by atoms with E-state index in [1.165, 1.54) is 6.20 Å². The van der Waals surface area contributed by atoms with Gasteiger partial charge in [0.05, 0.1) is 22.6 Å². The van der Waals surface area contributed by atoms with Crippen molar-refractivity contribution >= 4 is 31.6 Å². The molecule has 2 aromatic rings. The van der Waals surface area contributed by atoms with Crippen LogP contribution in [-0.2, 0) is 19.3 Å². The summed E-state index contributed by atoms with van der Waals surface area (Å²) < 4.78 is 22.7. The maximum absolute atomic E-state index is 13.5. The van der Waals surface area contributed by atoms with Crippen LogP contribution in [0, 0.1) is 0 Å². The number of hydrogen-bond acceptors (Lipinski definition) is 4. The SMILES string of the molecule is CCOC(=O)/C(Br)=C/N=S(=O)(c1ccccc1)c1ccccc1. The number of rotatable bonds is 5. The molecule has 0 spiro atoms. The molecular weight excluding hydrogens is 378 g/mol. The zero-order valence-electron chi connectivity index (χ0n) is 12.5. The van der Waals surface area contributed by atoms with Crippen molar-refractivity contribution in [1.82, 2.24) is 0 Å². The maximum atomic E-state index is 13.5. The highest BCUT2D eigenvalue weighted by atomic mass is 79.9. The van der Waals surface area contributed by atoms with Crippen LogP contribution in [-0.4, -0.2) is 16.8 Å². The van der Waals surface area contributed by atoms with E-state index in [-0.39, 0.29) is 11.1 Å². The molecule has 23 heavy (non-hydrogen) atoms. The summed E-state index contributed by atoms with van der Waals surface area (Å²) in [6.07, 6.45) is 1.25. The predicted molar refractivity (Wildman–Crippen MR) is 93.6 cm³/mol. The van der Waals surface area contributed by atoms with Gasteiger partial charge in [-0.15, -0.1) is 0 Å². The van der Waals surface area contributed by atoms with Crippen LogP contribution in [0.1, 0.15) is 6.92 Å². The van der Waals surface area contributed by atoms with Gasteiger partial charge in [0.15, 0.2) is 0 Å². The quantitative estimate of drug-likeness (QED) is 0.559. The minimum absolute atomic E-state index is 0.124. The van der Waals surface area contributed by atoms with Gasteiger partial charge in [-0.1, -0.05) is 36.4 Å². The average Bonchev–Trinajstić information content (AvgIpc) is 2.61. The first-order chi connectivity index (χ1) is 11.1. The van der Waals surface area contributed by atoms with E-state index in [2.05, 4.69) is 20.3 Å². The van der Waals surface area contributed by atoms with Gasteiger partial charge in [-0.05, 0) is 47.1 Å². The second kappa shape index (κ2) is 8.08. The monoisotopic (exact) mass is 393 g/mol. The Morgan fingerprint density at radius 2 is 1.57 bits per heavy atom. The van der Waals surface area contributed by atoms with Gasteiger partial charge >= 0.3 is 5.97 Å². The number of ether oxygens (including phenoxy) is 1. The average molecular weight is 394 g/mol. The van der Waals surface area contributed by atoms with Gasteiger partial charge in [0.2, 0.25) is 0 Å². The lowest BCUT2D eigenvalue weighted by atomic mass is 10.4.